The number of ether oxygens (including phenoxy) is 1. The highest BCUT2D eigenvalue weighted by Crippen LogP contribution is 2.38. The predicted molar refractivity (Wildman–Crippen MR) is 79.6 cm³/mol. The minimum absolute atomic E-state index is 0.102. The highest BCUT2D eigenvalue weighted by atomic mass is 16.5. The number of benzene rings is 2. The molecule has 3 rings (SSSR count). The summed E-state index contributed by atoms with van der Waals surface area (Å²) in [5.74, 6) is -0.242. The third-order valence-corrected chi connectivity index (χ3v) is 4.08. The van der Waals surface area contributed by atoms with Crippen molar-refractivity contribution in [3.8, 4) is 11.1 Å². The first-order valence-electron chi connectivity index (χ1n) is 6.97. The number of hydrogen-bond donors (Lipinski definition) is 0. The molecule has 0 saturated heterocycles. The zero-order valence-electron chi connectivity index (χ0n) is 11.8. The lowest BCUT2D eigenvalue weighted by atomic mass is 9.94. The maximum atomic E-state index is 11.6. The van der Waals surface area contributed by atoms with Crippen LogP contribution in [0.25, 0.3) is 11.1 Å². The maximum absolute atomic E-state index is 11.6. The molecule has 1 aliphatic rings. The second-order valence-corrected chi connectivity index (χ2v) is 5.41. The van der Waals surface area contributed by atoms with Crippen molar-refractivity contribution in [3.05, 3.63) is 59.2 Å². The van der Waals surface area contributed by atoms with E-state index in [4.69, 9.17) is 4.74 Å². The number of esters is 1. The summed E-state index contributed by atoms with van der Waals surface area (Å²) in [6, 6.07) is 14.9. The van der Waals surface area contributed by atoms with E-state index >= 15 is 0 Å². The van der Waals surface area contributed by atoms with E-state index in [1.54, 1.807) is 0 Å². The number of carbonyl (C=O) groups is 1. The molecule has 0 spiro atoms. The molecule has 2 aromatic rings. The normalized spacial score (nSPS) is 13.5. The predicted octanol–water partition coefficient (Wildman–Crippen LogP) is 3.61. The Morgan fingerprint density at radius 2 is 1.90 bits per heavy atom. The lowest BCUT2D eigenvalue weighted by Gasteiger charge is -2.12. The van der Waals surface area contributed by atoms with Gasteiger partial charge in [-0.05, 0) is 40.7 Å². The fraction of sp³-hybridized carbons (Fsp3) is 0.278. The fourth-order valence-electron chi connectivity index (χ4n) is 3.03. The van der Waals surface area contributed by atoms with Crippen LogP contribution < -0.4 is 0 Å². The van der Waals surface area contributed by atoms with E-state index in [1.165, 1.54) is 34.9 Å². The molecule has 0 amide bonds. The molecule has 102 valence electrons. The summed E-state index contributed by atoms with van der Waals surface area (Å²) in [7, 11) is 1.45. The van der Waals surface area contributed by atoms with Gasteiger partial charge in [-0.1, -0.05) is 49.4 Å². The Hall–Kier alpha value is -2.09. The van der Waals surface area contributed by atoms with Gasteiger partial charge in [0.05, 0.1) is 13.0 Å². The van der Waals surface area contributed by atoms with Gasteiger partial charge < -0.3 is 4.74 Å². The third kappa shape index (κ3) is 2.11. The van der Waals surface area contributed by atoms with Gasteiger partial charge in [0.2, 0.25) is 0 Å². The van der Waals surface area contributed by atoms with Gasteiger partial charge in [0.25, 0.3) is 0 Å². The second-order valence-electron chi connectivity index (χ2n) is 5.41. The molecule has 0 N–H and O–H groups in total. The fourth-order valence-corrected chi connectivity index (χ4v) is 3.03. The van der Waals surface area contributed by atoms with Crippen LogP contribution in [0.15, 0.2) is 42.5 Å². The molecule has 20 heavy (non-hydrogen) atoms. The molecule has 0 aliphatic heterocycles. The lowest BCUT2D eigenvalue weighted by Crippen LogP contribution is -2.15. The Morgan fingerprint density at radius 1 is 1.15 bits per heavy atom. The van der Waals surface area contributed by atoms with Crippen molar-refractivity contribution in [1.82, 2.24) is 0 Å². The van der Waals surface area contributed by atoms with Crippen LogP contribution in [0.3, 0.4) is 0 Å². The van der Waals surface area contributed by atoms with Gasteiger partial charge in [-0.15, -0.1) is 0 Å². The quantitative estimate of drug-likeness (QED) is 0.677. The average molecular weight is 266 g/mol. The van der Waals surface area contributed by atoms with Crippen molar-refractivity contribution in [1.29, 1.82) is 0 Å². The zero-order valence-corrected chi connectivity index (χ0v) is 11.8. The molecule has 1 atom stereocenters. The van der Waals surface area contributed by atoms with Crippen LogP contribution in [0.5, 0.6) is 0 Å². The van der Waals surface area contributed by atoms with Crippen molar-refractivity contribution in [2.75, 3.05) is 7.11 Å². The topological polar surface area (TPSA) is 26.3 Å². The lowest BCUT2D eigenvalue weighted by molar-refractivity contribution is -0.144. The van der Waals surface area contributed by atoms with Gasteiger partial charge in [-0.2, -0.15) is 0 Å². The summed E-state index contributed by atoms with van der Waals surface area (Å²) in [5, 5.41) is 0. The van der Waals surface area contributed by atoms with Crippen molar-refractivity contribution >= 4 is 5.97 Å². The zero-order chi connectivity index (χ0) is 14.1. The molecule has 0 saturated carbocycles. The molecule has 0 heterocycles. The Kier molecular flexibility index (Phi) is 3.31. The standard InChI is InChI=1S/C18H18O2/c1-12(18(19)20-2)10-13-7-5-9-16-15-8-4-3-6-14(15)11-17(13)16/h3-9,12H,10-11H2,1-2H3. The third-order valence-electron chi connectivity index (χ3n) is 4.08. The molecule has 1 aliphatic carbocycles. The number of hydrogen-bond acceptors (Lipinski definition) is 2. The van der Waals surface area contributed by atoms with Gasteiger partial charge in [0.1, 0.15) is 0 Å². The Bertz CT molecular complexity index is 658. The van der Waals surface area contributed by atoms with Crippen molar-refractivity contribution < 1.29 is 9.53 Å². The summed E-state index contributed by atoms with van der Waals surface area (Å²) in [4.78, 5) is 11.6. The Morgan fingerprint density at radius 3 is 2.70 bits per heavy atom. The van der Waals surface area contributed by atoms with Crippen LogP contribution >= 0.6 is 0 Å². The van der Waals surface area contributed by atoms with Crippen LogP contribution in [-0.4, -0.2) is 13.1 Å². The minimum atomic E-state index is -0.141. The maximum Gasteiger partial charge on any atom is 0.308 e. The summed E-state index contributed by atoms with van der Waals surface area (Å²) < 4.78 is 4.83. The van der Waals surface area contributed by atoms with Crippen molar-refractivity contribution in [2.45, 2.75) is 19.8 Å². The number of methoxy groups -OCH3 is 1. The van der Waals surface area contributed by atoms with Gasteiger partial charge in [-0.25, -0.2) is 0 Å². The van der Waals surface area contributed by atoms with Gasteiger partial charge in [0.15, 0.2) is 0 Å². The molecule has 2 aromatic carbocycles. The SMILES string of the molecule is COC(=O)C(C)Cc1cccc2c1Cc1ccccc1-2. The van der Waals surface area contributed by atoms with Crippen LogP contribution in [0.1, 0.15) is 23.6 Å². The van der Waals surface area contributed by atoms with E-state index in [9.17, 15) is 4.79 Å². The first-order valence-corrected chi connectivity index (χ1v) is 6.97. The number of fused-ring (bicyclic) bond motifs is 3. The molecule has 1 unspecified atom stereocenters. The van der Waals surface area contributed by atoms with E-state index in [2.05, 4.69) is 42.5 Å². The molecule has 0 radical (unpaired) electrons. The number of carbonyl (C=O) groups excluding carboxylic acids is 1. The van der Waals surface area contributed by atoms with E-state index in [1.807, 2.05) is 6.92 Å². The molecular formula is C18H18O2. The van der Waals surface area contributed by atoms with Gasteiger partial charge in [0, 0.05) is 0 Å². The monoisotopic (exact) mass is 266 g/mol. The van der Waals surface area contributed by atoms with Crippen LogP contribution in [0.2, 0.25) is 0 Å². The average Bonchev–Trinajstić information content (AvgIpc) is 2.86. The number of rotatable bonds is 3. The summed E-state index contributed by atoms with van der Waals surface area (Å²) in [6.45, 7) is 1.92. The van der Waals surface area contributed by atoms with Gasteiger partial charge >= 0.3 is 5.97 Å². The van der Waals surface area contributed by atoms with E-state index in [0.29, 0.717) is 0 Å². The van der Waals surface area contributed by atoms with Gasteiger partial charge in [-0.3, -0.25) is 4.79 Å². The molecule has 2 nitrogen and oxygen atoms in total. The Labute approximate surface area is 119 Å². The van der Waals surface area contributed by atoms with Crippen LogP contribution in [0, 0.1) is 5.92 Å². The summed E-state index contributed by atoms with van der Waals surface area (Å²) >= 11 is 0. The summed E-state index contributed by atoms with van der Waals surface area (Å²) in [6.07, 6.45) is 1.71. The van der Waals surface area contributed by atoms with E-state index in [-0.39, 0.29) is 11.9 Å². The smallest absolute Gasteiger partial charge is 0.308 e. The summed E-state index contributed by atoms with van der Waals surface area (Å²) in [5.41, 5.74) is 6.65. The minimum Gasteiger partial charge on any atom is -0.469 e. The van der Waals surface area contributed by atoms with Crippen LogP contribution in [-0.2, 0) is 22.4 Å². The highest BCUT2D eigenvalue weighted by Gasteiger charge is 2.22. The molecule has 0 fully saturated rings. The second kappa shape index (κ2) is 5.12. The molecule has 0 aromatic heterocycles. The molecular weight excluding hydrogens is 248 g/mol. The van der Waals surface area contributed by atoms with Crippen molar-refractivity contribution in [2.24, 2.45) is 5.92 Å². The highest BCUT2D eigenvalue weighted by molar-refractivity contribution is 5.78. The van der Waals surface area contributed by atoms with E-state index < -0.39 is 0 Å². The van der Waals surface area contributed by atoms with E-state index in [0.717, 1.165) is 12.8 Å². The molecule has 0 bridgehead atoms. The first kappa shape index (κ1) is 12.9. The van der Waals surface area contributed by atoms with Crippen LogP contribution in [0.4, 0.5) is 0 Å². The first-order chi connectivity index (χ1) is 9.70. The Balaban J connectivity index is 1.95. The molecule has 2 heteroatoms. The largest absolute Gasteiger partial charge is 0.469 e. The van der Waals surface area contributed by atoms with Crippen molar-refractivity contribution in [3.63, 3.8) is 0 Å².